The molecule has 0 aliphatic carbocycles. The van der Waals surface area contributed by atoms with E-state index in [1.807, 2.05) is 0 Å². The summed E-state index contributed by atoms with van der Waals surface area (Å²) in [5.41, 5.74) is 2.93. The number of hydrogen-bond donors (Lipinski definition) is 0. The molecule has 0 atom stereocenters. The third-order valence-corrected chi connectivity index (χ3v) is 7.61. The maximum absolute atomic E-state index is 2.37. The molecule has 0 radical (unpaired) electrons. The molecule has 0 aromatic heterocycles. The first-order valence-electron chi connectivity index (χ1n) is 4.14. The van der Waals surface area contributed by atoms with Crippen LogP contribution in [0.1, 0.15) is 27.7 Å². The fraction of sp³-hybridized carbons (Fsp3) is 0.600. The molecule has 0 saturated heterocycles. The van der Waals surface area contributed by atoms with Crippen LogP contribution in [0.5, 0.6) is 0 Å². The fourth-order valence-corrected chi connectivity index (χ4v) is 6.17. The number of hydrogen-bond acceptors (Lipinski definition) is 0. The Labute approximate surface area is 87.8 Å². The summed E-state index contributed by atoms with van der Waals surface area (Å²) in [5, 5.41) is 2.68. The van der Waals surface area contributed by atoms with Crippen molar-refractivity contribution in [1.82, 2.24) is 0 Å². The molecule has 0 aliphatic heterocycles. The summed E-state index contributed by atoms with van der Waals surface area (Å²) in [4.78, 5) is 0. The van der Waals surface area contributed by atoms with E-state index in [0.717, 1.165) is 26.3 Å². The predicted molar refractivity (Wildman–Crippen MR) is 60.0 cm³/mol. The van der Waals surface area contributed by atoms with Gasteiger partial charge >= 0.3 is 87.9 Å². The van der Waals surface area contributed by atoms with E-state index in [0.29, 0.717) is 0 Å². The van der Waals surface area contributed by atoms with Crippen molar-refractivity contribution in [1.29, 1.82) is 0 Å². The molecule has 0 spiro atoms. The Balaban J connectivity index is 3.23. The van der Waals surface area contributed by atoms with Crippen LogP contribution in [0, 0.1) is 0 Å². The maximum atomic E-state index is 2.37. The molecule has 0 bridgehead atoms. The molecular weight excluding hydrogens is 278 g/mol. The van der Waals surface area contributed by atoms with Gasteiger partial charge in [0.1, 0.15) is 0 Å². The van der Waals surface area contributed by atoms with Gasteiger partial charge in [-0.15, -0.1) is 0 Å². The monoisotopic (exact) mass is 298 g/mol. The van der Waals surface area contributed by atoms with Gasteiger partial charge in [0.15, 0.2) is 0 Å². The van der Waals surface area contributed by atoms with Crippen LogP contribution < -0.4 is 0 Å². The van der Waals surface area contributed by atoms with Gasteiger partial charge in [0.25, 0.3) is 0 Å². The molecule has 0 rings (SSSR count). The Kier molecular flexibility index (Phi) is 8.48. The van der Waals surface area contributed by atoms with E-state index in [1.165, 1.54) is 21.8 Å². The molecule has 0 nitrogen and oxygen atoms in total. The molecule has 0 fully saturated rings. The summed E-state index contributed by atoms with van der Waals surface area (Å²) in [6.07, 6.45) is 4.73. The van der Waals surface area contributed by atoms with Crippen LogP contribution in [0.15, 0.2) is 23.3 Å². The van der Waals surface area contributed by atoms with E-state index in [1.54, 1.807) is 0 Å². The number of rotatable bonds is 5. The minimum absolute atomic E-state index is 0.885. The molecule has 0 aromatic carbocycles. The van der Waals surface area contributed by atoms with Crippen molar-refractivity contribution in [2.75, 3.05) is 0 Å². The summed E-state index contributed by atoms with van der Waals surface area (Å²) >= 11 is 1.77. The second-order valence-corrected chi connectivity index (χ2v) is 10.7. The summed E-state index contributed by atoms with van der Waals surface area (Å²) in [6, 6.07) is 0. The SMILES string of the molecule is CC(C)=CC[Se][Se]CC=C(C)C. The van der Waals surface area contributed by atoms with Crippen LogP contribution in [0.25, 0.3) is 0 Å². The Bertz CT molecular complexity index is 141. The Hall–Kier alpha value is 0.519. The van der Waals surface area contributed by atoms with E-state index < -0.39 is 0 Å². The molecular formula is C10H18Se2. The minimum atomic E-state index is 0.885. The normalized spacial score (nSPS) is 9.33. The molecule has 70 valence electrons. The van der Waals surface area contributed by atoms with Gasteiger partial charge in [-0.05, 0) is 0 Å². The molecule has 0 heterocycles. The Morgan fingerprint density at radius 1 is 0.833 bits per heavy atom. The summed E-state index contributed by atoms with van der Waals surface area (Å²) in [6.45, 7) is 8.72. The quantitative estimate of drug-likeness (QED) is 0.415. The summed E-state index contributed by atoms with van der Waals surface area (Å²) in [7, 11) is 0. The third-order valence-electron chi connectivity index (χ3n) is 1.20. The zero-order chi connectivity index (χ0) is 9.40. The van der Waals surface area contributed by atoms with Gasteiger partial charge in [-0.2, -0.15) is 0 Å². The second-order valence-electron chi connectivity index (χ2n) is 3.13. The van der Waals surface area contributed by atoms with Gasteiger partial charge in [0, 0.05) is 0 Å². The molecule has 0 saturated carbocycles. The van der Waals surface area contributed by atoms with Gasteiger partial charge in [-0.25, -0.2) is 0 Å². The zero-order valence-electron chi connectivity index (χ0n) is 8.39. The molecule has 0 N–H and O–H groups in total. The Morgan fingerprint density at radius 2 is 1.17 bits per heavy atom. The molecule has 0 unspecified atom stereocenters. The van der Waals surface area contributed by atoms with E-state index >= 15 is 0 Å². The van der Waals surface area contributed by atoms with Gasteiger partial charge in [-0.3, -0.25) is 0 Å². The zero-order valence-corrected chi connectivity index (χ0v) is 11.8. The van der Waals surface area contributed by atoms with E-state index in [2.05, 4.69) is 39.8 Å². The topological polar surface area (TPSA) is 0 Å². The molecule has 0 aliphatic rings. The van der Waals surface area contributed by atoms with Crippen molar-refractivity contribution in [3.8, 4) is 0 Å². The van der Waals surface area contributed by atoms with Gasteiger partial charge in [0.2, 0.25) is 0 Å². The predicted octanol–water partition coefficient (Wildman–Crippen LogP) is 3.08. The van der Waals surface area contributed by atoms with Crippen LogP contribution in [0.2, 0.25) is 10.6 Å². The Morgan fingerprint density at radius 3 is 1.42 bits per heavy atom. The van der Waals surface area contributed by atoms with Crippen molar-refractivity contribution in [3.05, 3.63) is 23.3 Å². The molecule has 0 aromatic rings. The fourth-order valence-electron chi connectivity index (χ4n) is 0.498. The van der Waals surface area contributed by atoms with Crippen LogP contribution in [-0.2, 0) is 0 Å². The van der Waals surface area contributed by atoms with Crippen LogP contribution in [0.4, 0.5) is 0 Å². The first kappa shape index (κ1) is 12.5. The van der Waals surface area contributed by atoms with Gasteiger partial charge in [0.05, 0.1) is 0 Å². The van der Waals surface area contributed by atoms with Crippen molar-refractivity contribution < 1.29 is 0 Å². The number of allylic oxidation sites excluding steroid dienone is 4. The summed E-state index contributed by atoms with van der Waals surface area (Å²) in [5.74, 6) is 0. The van der Waals surface area contributed by atoms with Crippen molar-refractivity contribution in [2.24, 2.45) is 0 Å². The molecule has 2 heteroatoms. The van der Waals surface area contributed by atoms with E-state index in [9.17, 15) is 0 Å². The van der Waals surface area contributed by atoms with Gasteiger partial charge < -0.3 is 0 Å². The van der Waals surface area contributed by atoms with Crippen molar-refractivity contribution in [2.45, 2.75) is 38.3 Å². The second kappa shape index (κ2) is 8.13. The van der Waals surface area contributed by atoms with Crippen LogP contribution in [-0.4, -0.2) is 26.3 Å². The van der Waals surface area contributed by atoms with Crippen LogP contribution >= 0.6 is 0 Å². The van der Waals surface area contributed by atoms with E-state index in [-0.39, 0.29) is 0 Å². The van der Waals surface area contributed by atoms with E-state index in [4.69, 9.17) is 0 Å². The molecule has 0 amide bonds. The first-order chi connectivity index (χ1) is 5.63. The van der Waals surface area contributed by atoms with Gasteiger partial charge in [-0.1, -0.05) is 0 Å². The third kappa shape index (κ3) is 10.5. The van der Waals surface area contributed by atoms with Crippen LogP contribution in [0.3, 0.4) is 0 Å². The molecule has 12 heavy (non-hydrogen) atoms. The summed E-state index contributed by atoms with van der Waals surface area (Å²) < 4.78 is 0. The van der Waals surface area contributed by atoms with Crippen molar-refractivity contribution >= 4 is 26.3 Å². The van der Waals surface area contributed by atoms with Crippen molar-refractivity contribution in [3.63, 3.8) is 0 Å². The standard InChI is InChI=1S/C10H18Se2/c1-9(2)5-7-11-12-8-6-10(3)4/h5-6H,7-8H2,1-4H3. The average molecular weight is 296 g/mol. The first-order valence-corrected chi connectivity index (χ1v) is 10.9. The average Bonchev–Trinajstić information content (AvgIpc) is 1.95.